The Labute approximate surface area is 158 Å². The molecule has 1 fully saturated rings. The first kappa shape index (κ1) is 17.4. The standard InChI is InChI=1S/C20H24N4OS/c1-23-8-10-24(11-9-23)19-7-6-15(13-21-19)14-22-20(25)18-12-16-4-2-3-5-17(16)26-18/h2-7,13,18H,8-12,14H2,1H3,(H,22,25). The summed E-state index contributed by atoms with van der Waals surface area (Å²) in [6.45, 7) is 4.70. The summed E-state index contributed by atoms with van der Waals surface area (Å²) in [5, 5.41) is 3.04. The maximum atomic E-state index is 12.5. The van der Waals surface area contributed by atoms with Gasteiger partial charge in [-0.1, -0.05) is 24.3 Å². The number of pyridine rings is 1. The molecule has 5 nitrogen and oxygen atoms in total. The quantitative estimate of drug-likeness (QED) is 0.896. The van der Waals surface area contributed by atoms with Gasteiger partial charge >= 0.3 is 0 Å². The minimum absolute atomic E-state index is 0.0232. The number of rotatable bonds is 4. The van der Waals surface area contributed by atoms with Crippen molar-refractivity contribution in [2.24, 2.45) is 0 Å². The number of carbonyl (C=O) groups excluding carboxylic acids is 1. The van der Waals surface area contributed by atoms with Crippen molar-refractivity contribution in [3.8, 4) is 0 Å². The topological polar surface area (TPSA) is 48.5 Å². The van der Waals surface area contributed by atoms with Crippen molar-refractivity contribution >= 4 is 23.5 Å². The lowest BCUT2D eigenvalue weighted by molar-refractivity contribution is -0.120. The molecule has 0 saturated carbocycles. The van der Waals surface area contributed by atoms with Crippen LogP contribution in [-0.2, 0) is 17.8 Å². The molecule has 26 heavy (non-hydrogen) atoms. The maximum Gasteiger partial charge on any atom is 0.234 e. The second kappa shape index (κ2) is 7.68. The van der Waals surface area contributed by atoms with E-state index < -0.39 is 0 Å². The van der Waals surface area contributed by atoms with Crippen molar-refractivity contribution in [3.05, 3.63) is 53.7 Å². The minimum atomic E-state index is -0.0232. The van der Waals surface area contributed by atoms with Crippen LogP contribution in [0.5, 0.6) is 0 Å². The Balaban J connectivity index is 1.29. The molecule has 0 radical (unpaired) electrons. The third-order valence-corrected chi connectivity index (χ3v) is 6.36. The molecule has 1 amide bonds. The maximum absolute atomic E-state index is 12.5. The van der Waals surface area contributed by atoms with Crippen LogP contribution in [-0.4, -0.2) is 54.3 Å². The lowest BCUT2D eigenvalue weighted by atomic mass is 10.1. The van der Waals surface area contributed by atoms with Gasteiger partial charge in [-0.3, -0.25) is 4.79 Å². The van der Waals surface area contributed by atoms with Gasteiger partial charge in [-0.2, -0.15) is 0 Å². The molecule has 2 aliphatic heterocycles. The predicted octanol–water partition coefficient (Wildman–Crippen LogP) is 2.17. The number of amides is 1. The second-order valence-corrected chi connectivity index (χ2v) is 8.20. The molecule has 0 aliphatic carbocycles. The number of likely N-dealkylation sites (N-methyl/N-ethyl adjacent to an activating group) is 1. The van der Waals surface area contributed by atoms with Gasteiger partial charge in [0, 0.05) is 43.8 Å². The summed E-state index contributed by atoms with van der Waals surface area (Å²) in [5.41, 5.74) is 2.31. The van der Waals surface area contributed by atoms with Crippen LogP contribution in [0.1, 0.15) is 11.1 Å². The molecule has 4 rings (SSSR count). The van der Waals surface area contributed by atoms with E-state index in [2.05, 4.69) is 51.4 Å². The Morgan fingerprint density at radius 3 is 2.73 bits per heavy atom. The van der Waals surface area contributed by atoms with E-state index in [0.29, 0.717) is 6.54 Å². The van der Waals surface area contributed by atoms with E-state index in [9.17, 15) is 4.79 Å². The van der Waals surface area contributed by atoms with Crippen molar-refractivity contribution in [3.63, 3.8) is 0 Å². The lowest BCUT2D eigenvalue weighted by Crippen LogP contribution is -2.44. The Morgan fingerprint density at radius 1 is 1.19 bits per heavy atom. The van der Waals surface area contributed by atoms with Crippen LogP contribution in [0.2, 0.25) is 0 Å². The summed E-state index contributed by atoms with van der Waals surface area (Å²) in [4.78, 5) is 22.9. The van der Waals surface area contributed by atoms with Gasteiger partial charge in [0.2, 0.25) is 5.91 Å². The summed E-state index contributed by atoms with van der Waals surface area (Å²) >= 11 is 1.66. The molecule has 1 aromatic carbocycles. The number of hydrogen-bond acceptors (Lipinski definition) is 5. The minimum Gasteiger partial charge on any atom is -0.354 e. The van der Waals surface area contributed by atoms with Crippen molar-refractivity contribution in [1.82, 2.24) is 15.2 Å². The average molecular weight is 369 g/mol. The number of nitrogens with one attached hydrogen (secondary N) is 1. The predicted molar refractivity (Wildman–Crippen MR) is 106 cm³/mol. The lowest BCUT2D eigenvalue weighted by Gasteiger charge is -2.33. The van der Waals surface area contributed by atoms with Gasteiger partial charge in [0.1, 0.15) is 5.82 Å². The van der Waals surface area contributed by atoms with Crippen LogP contribution in [0.25, 0.3) is 0 Å². The van der Waals surface area contributed by atoms with E-state index in [1.165, 1.54) is 10.5 Å². The van der Waals surface area contributed by atoms with E-state index in [1.54, 1.807) is 11.8 Å². The number of fused-ring (bicyclic) bond motifs is 1. The number of hydrogen-bond donors (Lipinski definition) is 1. The van der Waals surface area contributed by atoms with E-state index in [-0.39, 0.29) is 11.2 Å². The van der Waals surface area contributed by atoms with Crippen molar-refractivity contribution in [1.29, 1.82) is 0 Å². The molecular formula is C20H24N4OS. The zero-order valence-corrected chi connectivity index (χ0v) is 15.8. The Hall–Kier alpha value is -2.05. The number of aromatic nitrogens is 1. The number of nitrogens with zero attached hydrogens (tertiary/aromatic N) is 3. The van der Waals surface area contributed by atoms with Gasteiger partial charge in [0.05, 0.1) is 5.25 Å². The SMILES string of the molecule is CN1CCN(c2ccc(CNC(=O)C3Cc4ccccc4S3)cn2)CC1. The summed E-state index contributed by atoms with van der Waals surface area (Å²) in [6.07, 6.45) is 2.69. The summed E-state index contributed by atoms with van der Waals surface area (Å²) in [6, 6.07) is 12.4. The fourth-order valence-corrected chi connectivity index (χ4v) is 4.59. The fraction of sp³-hybridized carbons (Fsp3) is 0.400. The van der Waals surface area contributed by atoms with E-state index in [0.717, 1.165) is 44.0 Å². The van der Waals surface area contributed by atoms with Crippen LogP contribution < -0.4 is 10.2 Å². The fourth-order valence-electron chi connectivity index (χ4n) is 3.38. The smallest absolute Gasteiger partial charge is 0.234 e. The van der Waals surface area contributed by atoms with Gasteiger partial charge in [-0.05, 0) is 36.7 Å². The van der Waals surface area contributed by atoms with Crippen LogP contribution in [0.3, 0.4) is 0 Å². The number of piperazine rings is 1. The highest BCUT2D eigenvalue weighted by atomic mass is 32.2. The summed E-state index contributed by atoms with van der Waals surface area (Å²) < 4.78 is 0. The highest BCUT2D eigenvalue weighted by molar-refractivity contribution is 8.01. The first-order valence-corrected chi connectivity index (χ1v) is 9.98. The molecule has 6 heteroatoms. The molecule has 2 aromatic rings. The third kappa shape index (κ3) is 3.86. The summed E-state index contributed by atoms with van der Waals surface area (Å²) in [5.74, 6) is 1.13. The molecule has 3 heterocycles. The van der Waals surface area contributed by atoms with Gasteiger partial charge < -0.3 is 15.1 Å². The molecule has 2 aliphatic rings. The van der Waals surface area contributed by atoms with Gasteiger partial charge in [-0.15, -0.1) is 11.8 Å². The number of thioether (sulfide) groups is 1. The zero-order valence-electron chi connectivity index (χ0n) is 15.0. The number of carbonyl (C=O) groups is 1. The van der Waals surface area contributed by atoms with E-state index in [4.69, 9.17) is 0 Å². The van der Waals surface area contributed by atoms with E-state index in [1.807, 2.05) is 18.3 Å². The van der Waals surface area contributed by atoms with Crippen LogP contribution in [0, 0.1) is 0 Å². The highest BCUT2D eigenvalue weighted by Crippen LogP contribution is 2.36. The number of benzene rings is 1. The normalized spacial score (nSPS) is 20.0. The monoisotopic (exact) mass is 368 g/mol. The molecule has 1 atom stereocenters. The van der Waals surface area contributed by atoms with Gasteiger partial charge in [-0.25, -0.2) is 4.98 Å². The largest absolute Gasteiger partial charge is 0.354 e. The molecule has 136 valence electrons. The highest BCUT2D eigenvalue weighted by Gasteiger charge is 2.27. The van der Waals surface area contributed by atoms with Crippen molar-refractivity contribution in [2.45, 2.75) is 23.1 Å². The first-order chi connectivity index (χ1) is 12.7. The van der Waals surface area contributed by atoms with Crippen LogP contribution in [0.15, 0.2) is 47.5 Å². The molecule has 1 N–H and O–H groups in total. The molecule has 1 aromatic heterocycles. The third-order valence-electron chi connectivity index (χ3n) is 5.04. The molecule has 0 bridgehead atoms. The second-order valence-electron chi connectivity index (χ2n) is 6.95. The molecular weight excluding hydrogens is 344 g/mol. The molecule has 1 unspecified atom stereocenters. The Morgan fingerprint density at radius 2 is 2.00 bits per heavy atom. The van der Waals surface area contributed by atoms with E-state index >= 15 is 0 Å². The van der Waals surface area contributed by atoms with Crippen LogP contribution >= 0.6 is 11.8 Å². The zero-order chi connectivity index (χ0) is 17.9. The average Bonchev–Trinajstić information content (AvgIpc) is 3.11. The first-order valence-electron chi connectivity index (χ1n) is 9.10. The Bertz CT molecular complexity index is 747. The van der Waals surface area contributed by atoms with Crippen LogP contribution in [0.4, 0.5) is 5.82 Å². The van der Waals surface area contributed by atoms with Gasteiger partial charge in [0.15, 0.2) is 0 Å². The Kier molecular flexibility index (Phi) is 5.13. The van der Waals surface area contributed by atoms with Crippen molar-refractivity contribution in [2.75, 3.05) is 38.1 Å². The van der Waals surface area contributed by atoms with Gasteiger partial charge in [0.25, 0.3) is 0 Å². The van der Waals surface area contributed by atoms with Crippen molar-refractivity contribution < 1.29 is 4.79 Å². The molecule has 0 spiro atoms. The molecule has 1 saturated heterocycles. The summed E-state index contributed by atoms with van der Waals surface area (Å²) in [7, 11) is 2.15. The number of anilines is 1.